The first-order valence-electron chi connectivity index (χ1n) is 7.85. The number of pyridine rings is 1. The van der Waals surface area contributed by atoms with Gasteiger partial charge in [0.25, 0.3) is 0 Å². The molecule has 5 heteroatoms. The Morgan fingerprint density at radius 3 is 2.04 bits per heavy atom. The molecule has 124 valence electrons. The van der Waals surface area contributed by atoms with Gasteiger partial charge in [0.1, 0.15) is 0 Å². The summed E-state index contributed by atoms with van der Waals surface area (Å²) < 4.78 is 23.3. The maximum absolute atomic E-state index is 11.9. The van der Waals surface area contributed by atoms with Crippen LogP contribution in [-0.2, 0) is 16.7 Å². The van der Waals surface area contributed by atoms with E-state index in [4.69, 9.17) is 0 Å². The van der Waals surface area contributed by atoms with E-state index >= 15 is 0 Å². The van der Waals surface area contributed by atoms with Crippen molar-refractivity contribution in [3.05, 3.63) is 93.9 Å². The minimum Gasteiger partial charge on any atom is -0.805 e. The molecule has 0 aliphatic heterocycles. The van der Waals surface area contributed by atoms with E-state index in [-0.39, 0.29) is 4.64 Å². The molecule has 1 aromatic heterocycles. The van der Waals surface area contributed by atoms with Crippen LogP contribution in [0.3, 0.4) is 0 Å². The minimum absolute atomic E-state index is 0.223. The molecular formula is C20H14NO3S-. The van der Waals surface area contributed by atoms with Crippen molar-refractivity contribution < 1.29 is 8.42 Å². The Kier molecular flexibility index (Phi) is 3.78. The molecule has 0 amide bonds. The zero-order valence-corrected chi connectivity index (χ0v) is 14.0. The van der Waals surface area contributed by atoms with Crippen LogP contribution < -0.4 is 0 Å². The zero-order chi connectivity index (χ0) is 17.4. The van der Waals surface area contributed by atoms with Crippen molar-refractivity contribution in [2.24, 2.45) is 0 Å². The molecular weight excluding hydrogens is 334 g/mol. The van der Waals surface area contributed by atoms with Crippen LogP contribution in [0.2, 0.25) is 0 Å². The van der Waals surface area contributed by atoms with E-state index in [1.54, 1.807) is 12.1 Å². The summed E-state index contributed by atoms with van der Waals surface area (Å²) in [4.78, 5) is 0. The van der Waals surface area contributed by atoms with Gasteiger partial charge in [-0.15, -0.1) is 0 Å². The van der Waals surface area contributed by atoms with Crippen molar-refractivity contribution in [1.82, 2.24) is 4.73 Å². The van der Waals surface area contributed by atoms with Gasteiger partial charge >= 0.3 is 0 Å². The summed E-state index contributed by atoms with van der Waals surface area (Å²) in [7, 11) is -2.59. The topological polar surface area (TPSA) is 62.1 Å². The zero-order valence-electron chi connectivity index (χ0n) is 13.2. The maximum atomic E-state index is 11.9. The number of hydrogen-bond donors (Lipinski definition) is 0. The summed E-state index contributed by atoms with van der Waals surface area (Å²) in [5.74, 6) is 0. The van der Waals surface area contributed by atoms with E-state index in [9.17, 15) is 13.6 Å². The molecule has 0 N–H and O–H groups in total. The molecule has 0 fully saturated rings. The third-order valence-electron chi connectivity index (χ3n) is 4.40. The smallest absolute Gasteiger partial charge is 0.238 e. The van der Waals surface area contributed by atoms with Gasteiger partial charge in [0.15, 0.2) is 4.64 Å². The summed E-state index contributed by atoms with van der Waals surface area (Å²) in [6.07, 6.45) is 1.57. The predicted octanol–water partition coefficient (Wildman–Crippen LogP) is 4.14. The molecule has 0 saturated heterocycles. The normalized spacial score (nSPS) is 11.0. The molecule has 0 saturated carbocycles. The lowest BCUT2D eigenvalue weighted by molar-refractivity contribution is 0.623. The van der Waals surface area contributed by atoms with Gasteiger partial charge in [0.05, 0.1) is 0 Å². The van der Waals surface area contributed by atoms with Gasteiger partial charge in [-0.05, 0) is 51.0 Å². The fourth-order valence-corrected chi connectivity index (χ4v) is 3.88. The third-order valence-corrected chi connectivity index (χ3v) is 5.16. The average molecular weight is 348 g/mol. The van der Waals surface area contributed by atoms with Crippen molar-refractivity contribution >= 4 is 31.8 Å². The van der Waals surface area contributed by atoms with Crippen molar-refractivity contribution in [2.45, 2.75) is 6.42 Å². The van der Waals surface area contributed by atoms with Crippen molar-refractivity contribution in [3.63, 3.8) is 0 Å². The Bertz CT molecular complexity index is 1230. The quantitative estimate of drug-likeness (QED) is 0.404. The highest BCUT2D eigenvalue weighted by Crippen LogP contribution is 2.30. The second-order valence-corrected chi connectivity index (χ2v) is 6.73. The first-order chi connectivity index (χ1) is 12.1. The second-order valence-electron chi connectivity index (χ2n) is 5.87. The molecule has 0 bridgehead atoms. The average Bonchev–Trinajstić information content (AvgIpc) is 2.61. The van der Waals surface area contributed by atoms with Crippen LogP contribution in [0, 0.1) is 9.85 Å². The maximum Gasteiger partial charge on any atom is 0.238 e. The summed E-state index contributed by atoms with van der Waals surface area (Å²) in [6, 6.07) is 21.4. The lowest BCUT2D eigenvalue weighted by Crippen LogP contribution is -2.00. The molecule has 3 aromatic carbocycles. The van der Waals surface area contributed by atoms with Crippen LogP contribution in [0.25, 0.3) is 21.5 Å². The van der Waals surface area contributed by atoms with Crippen LogP contribution in [-0.4, -0.2) is 13.1 Å². The number of benzene rings is 3. The van der Waals surface area contributed by atoms with Crippen molar-refractivity contribution in [2.75, 3.05) is 0 Å². The van der Waals surface area contributed by atoms with Crippen LogP contribution in [0.5, 0.6) is 0 Å². The first-order valence-corrected chi connectivity index (χ1v) is 8.92. The summed E-state index contributed by atoms with van der Waals surface area (Å²) >= 11 is 0. The molecule has 0 aliphatic rings. The van der Waals surface area contributed by atoms with E-state index in [0.717, 1.165) is 27.1 Å². The van der Waals surface area contributed by atoms with E-state index < -0.39 is 10.3 Å². The van der Waals surface area contributed by atoms with E-state index in [1.165, 1.54) is 6.20 Å². The Morgan fingerprint density at radius 1 is 0.840 bits per heavy atom. The van der Waals surface area contributed by atoms with Crippen molar-refractivity contribution in [1.29, 1.82) is 0 Å². The fourth-order valence-electron chi connectivity index (χ4n) is 3.32. The molecule has 4 nitrogen and oxygen atoms in total. The molecule has 0 atom stereocenters. The summed E-state index contributed by atoms with van der Waals surface area (Å²) in [6.45, 7) is 0. The molecule has 4 rings (SSSR count). The molecule has 0 radical (unpaired) electrons. The third kappa shape index (κ3) is 2.68. The van der Waals surface area contributed by atoms with Gasteiger partial charge in [-0.1, -0.05) is 54.6 Å². The van der Waals surface area contributed by atoms with Gasteiger partial charge in [-0.2, -0.15) is 8.42 Å². The Balaban J connectivity index is 2.08. The number of nitrogens with zero attached hydrogens (tertiary/aromatic N) is 1. The van der Waals surface area contributed by atoms with Gasteiger partial charge in [0, 0.05) is 6.42 Å². The van der Waals surface area contributed by atoms with Crippen LogP contribution in [0.15, 0.2) is 72.9 Å². The standard InChI is InChI=1S/C20H14NO3S/c22-21-11-5-8-16(20(21)25(23)24)13-19-17-9-3-1-6-14(17)12-15-7-2-4-10-18(15)19/h1-12H,13H2/q-1. The molecule has 4 aromatic rings. The van der Waals surface area contributed by atoms with Crippen molar-refractivity contribution in [3.8, 4) is 0 Å². The molecule has 1 heterocycles. The Morgan fingerprint density at radius 2 is 1.44 bits per heavy atom. The molecule has 25 heavy (non-hydrogen) atoms. The van der Waals surface area contributed by atoms with E-state index in [0.29, 0.717) is 16.7 Å². The van der Waals surface area contributed by atoms with Gasteiger partial charge < -0.3 is 9.94 Å². The van der Waals surface area contributed by atoms with Gasteiger partial charge in [0.2, 0.25) is 10.3 Å². The summed E-state index contributed by atoms with van der Waals surface area (Å²) in [5.41, 5.74) is 1.51. The van der Waals surface area contributed by atoms with E-state index in [2.05, 4.69) is 6.07 Å². The Hall–Kier alpha value is -3.05. The second kappa shape index (κ2) is 6.11. The lowest BCUT2D eigenvalue weighted by Gasteiger charge is -2.15. The number of fused-ring (bicyclic) bond motifs is 2. The monoisotopic (exact) mass is 348 g/mol. The number of rotatable bonds is 2. The van der Waals surface area contributed by atoms with E-state index in [1.807, 2.05) is 48.5 Å². The highest BCUT2D eigenvalue weighted by molar-refractivity contribution is 7.63. The van der Waals surface area contributed by atoms with Gasteiger partial charge in [-0.3, -0.25) is 0 Å². The largest absolute Gasteiger partial charge is 0.805 e. The molecule has 0 unspecified atom stereocenters. The Labute approximate surface area is 145 Å². The first kappa shape index (κ1) is 15.5. The minimum atomic E-state index is -2.59. The SMILES string of the molecule is O=S(=O)=c1c(Cc2c3ccccc3cc3ccccc23)cccn1[O-]. The van der Waals surface area contributed by atoms with Crippen LogP contribution in [0.1, 0.15) is 11.1 Å². The molecule has 0 aliphatic carbocycles. The highest BCUT2D eigenvalue weighted by atomic mass is 32.2. The van der Waals surface area contributed by atoms with Crippen LogP contribution in [0.4, 0.5) is 0 Å². The molecule has 0 spiro atoms. The number of aromatic nitrogens is 1. The highest BCUT2D eigenvalue weighted by Gasteiger charge is 2.10. The fraction of sp³-hybridized carbons (Fsp3) is 0.0500. The van der Waals surface area contributed by atoms with Crippen LogP contribution >= 0.6 is 0 Å². The van der Waals surface area contributed by atoms with Gasteiger partial charge in [-0.25, -0.2) is 0 Å². The summed E-state index contributed by atoms with van der Waals surface area (Å²) in [5, 5.41) is 16.2. The predicted molar refractivity (Wildman–Crippen MR) is 99.6 cm³/mol. The lowest BCUT2D eigenvalue weighted by atomic mass is 9.93. The number of hydrogen-bond acceptors (Lipinski definition) is 3.